The number of anilines is 2. The Hall–Kier alpha value is -1.26. The van der Waals surface area contributed by atoms with Crippen molar-refractivity contribution in [1.29, 1.82) is 0 Å². The van der Waals surface area contributed by atoms with Gasteiger partial charge in [-0.1, -0.05) is 6.07 Å². The van der Waals surface area contributed by atoms with Crippen LogP contribution in [0.4, 0.5) is 11.4 Å². The van der Waals surface area contributed by atoms with E-state index < -0.39 is 0 Å². The maximum absolute atomic E-state index is 9.10. The van der Waals surface area contributed by atoms with Crippen molar-refractivity contribution < 1.29 is 9.84 Å². The number of nitrogens with one attached hydrogen (secondary N) is 1. The average Bonchev–Trinajstić information content (AvgIpc) is 2.22. The Morgan fingerprint density at radius 2 is 2.27 bits per heavy atom. The SMILES string of the molecule is COCC(CO)Nc1cc(C)ccc1N. The molecule has 0 aliphatic heterocycles. The summed E-state index contributed by atoms with van der Waals surface area (Å²) in [7, 11) is 1.60. The summed E-state index contributed by atoms with van der Waals surface area (Å²) in [5, 5.41) is 12.2. The van der Waals surface area contributed by atoms with Crippen molar-refractivity contribution in [2.24, 2.45) is 0 Å². The number of rotatable bonds is 5. The molecule has 0 spiro atoms. The van der Waals surface area contributed by atoms with E-state index in [9.17, 15) is 0 Å². The number of aryl methyl sites for hydroxylation is 1. The summed E-state index contributed by atoms with van der Waals surface area (Å²) >= 11 is 0. The summed E-state index contributed by atoms with van der Waals surface area (Å²) in [5.41, 5.74) is 8.44. The fraction of sp³-hybridized carbons (Fsp3) is 0.455. The Morgan fingerprint density at radius 1 is 1.53 bits per heavy atom. The van der Waals surface area contributed by atoms with Crippen LogP contribution < -0.4 is 11.1 Å². The van der Waals surface area contributed by atoms with E-state index in [1.165, 1.54) is 0 Å². The lowest BCUT2D eigenvalue weighted by Gasteiger charge is -2.18. The molecule has 0 radical (unpaired) electrons. The summed E-state index contributed by atoms with van der Waals surface area (Å²) in [5.74, 6) is 0. The van der Waals surface area contributed by atoms with E-state index in [1.807, 2.05) is 25.1 Å². The quantitative estimate of drug-likeness (QED) is 0.634. The van der Waals surface area contributed by atoms with Crippen LogP contribution in [0.3, 0.4) is 0 Å². The molecule has 1 aromatic carbocycles. The van der Waals surface area contributed by atoms with Crippen LogP contribution in [-0.2, 0) is 4.74 Å². The number of nitrogen functional groups attached to an aromatic ring is 1. The number of aliphatic hydroxyl groups excluding tert-OH is 1. The third-order valence-electron chi connectivity index (χ3n) is 2.16. The van der Waals surface area contributed by atoms with Crippen molar-refractivity contribution in [3.8, 4) is 0 Å². The zero-order valence-corrected chi connectivity index (χ0v) is 9.16. The highest BCUT2D eigenvalue weighted by atomic mass is 16.5. The number of aliphatic hydroxyl groups is 1. The number of hydrogen-bond donors (Lipinski definition) is 3. The minimum Gasteiger partial charge on any atom is -0.397 e. The molecule has 84 valence electrons. The van der Waals surface area contributed by atoms with Gasteiger partial charge in [-0.3, -0.25) is 0 Å². The number of benzene rings is 1. The lowest BCUT2D eigenvalue weighted by Crippen LogP contribution is -2.29. The van der Waals surface area contributed by atoms with Gasteiger partial charge in [0.15, 0.2) is 0 Å². The van der Waals surface area contributed by atoms with Gasteiger partial charge in [0.05, 0.1) is 30.6 Å². The zero-order valence-electron chi connectivity index (χ0n) is 9.16. The number of ether oxygens (including phenoxy) is 1. The summed E-state index contributed by atoms with van der Waals surface area (Å²) in [6.45, 7) is 2.46. The summed E-state index contributed by atoms with van der Waals surface area (Å²) in [6.07, 6.45) is 0. The standard InChI is InChI=1S/C11H18N2O2/c1-8-3-4-10(12)11(5-8)13-9(6-14)7-15-2/h3-5,9,13-14H,6-7,12H2,1-2H3. The molecule has 1 atom stereocenters. The van der Waals surface area contributed by atoms with Crippen LogP contribution in [0.15, 0.2) is 18.2 Å². The molecule has 1 unspecified atom stereocenters. The number of hydrogen-bond acceptors (Lipinski definition) is 4. The minimum absolute atomic E-state index is 0.0151. The lowest BCUT2D eigenvalue weighted by molar-refractivity contribution is 0.153. The predicted octanol–water partition coefficient (Wildman–Crippen LogP) is 0.996. The summed E-state index contributed by atoms with van der Waals surface area (Å²) < 4.78 is 4.97. The van der Waals surface area contributed by atoms with Crippen LogP contribution in [0.1, 0.15) is 5.56 Å². The number of nitrogens with two attached hydrogens (primary N) is 1. The van der Waals surface area contributed by atoms with Gasteiger partial charge in [-0.2, -0.15) is 0 Å². The van der Waals surface area contributed by atoms with Crippen molar-refractivity contribution in [3.05, 3.63) is 23.8 Å². The highest BCUT2D eigenvalue weighted by Crippen LogP contribution is 2.20. The third-order valence-corrected chi connectivity index (χ3v) is 2.16. The van der Waals surface area contributed by atoms with Crippen LogP contribution in [0.2, 0.25) is 0 Å². The van der Waals surface area contributed by atoms with Gasteiger partial charge in [0.2, 0.25) is 0 Å². The molecule has 0 bridgehead atoms. The Bertz CT molecular complexity index is 315. The maximum Gasteiger partial charge on any atom is 0.0726 e. The largest absolute Gasteiger partial charge is 0.397 e. The van der Waals surface area contributed by atoms with Gasteiger partial charge in [0.25, 0.3) is 0 Å². The molecule has 0 amide bonds. The Labute approximate surface area is 90.1 Å². The highest BCUT2D eigenvalue weighted by molar-refractivity contribution is 5.67. The monoisotopic (exact) mass is 210 g/mol. The predicted molar refractivity (Wildman–Crippen MR) is 62.0 cm³/mol. The second-order valence-corrected chi connectivity index (χ2v) is 3.57. The highest BCUT2D eigenvalue weighted by Gasteiger charge is 2.08. The van der Waals surface area contributed by atoms with Crippen LogP contribution in [0, 0.1) is 6.92 Å². The lowest BCUT2D eigenvalue weighted by atomic mass is 10.2. The fourth-order valence-corrected chi connectivity index (χ4v) is 1.36. The average molecular weight is 210 g/mol. The van der Waals surface area contributed by atoms with Crippen LogP contribution in [-0.4, -0.2) is 31.5 Å². The third kappa shape index (κ3) is 3.42. The van der Waals surface area contributed by atoms with E-state index >= 15 is 0 Å². The zero-order chi connectivity index (χ0) is 11.3. The van der Waals surface area contributed by atoms with Crippen molar-refractivity contribution >= 4 is 11.4 Å². The second-order valence-electron chi connectivity index (χ2n) is 3.57. The van der Waals surface area contributed by atoms with Gasteiger partial charge in [-0.25, -0.2) is 0 Å². The smallest absolute Gasteiger partial charge is 0.0726 e. The fourth-order valence-electron chi connectivity index (χ4n) is 1.36. The molecule has 0 aliphatic carbocycles. The van der Waals surface area contributed by atoms with Gasteiger partial charge < -0.3 is 20.9 Å². The van der Waals surface area contributed by atoms with Crippen molar-refractivity contribution in [3.63, 3.8) is 0 Å². The van der Waals surface area contributed by atoms with Crippen LogP contribution >= 0.6 is 0 Å². The molecule has 0 fully saturated rings. The Morgan fingerprint density at radius 3 is 2.87 bits per heavy atom. The molecule has 4 nitrogen and oxygen atoms in total. The van der Waals surface area contributed by atoms with Gasteiger partial charge in [0, 0.05) is 7.11 Å². The van der Waals surface area contributed by atoms with Gasteiger partial charge in [0.1, 0.15) is 0 Å². The van der Waals surface area contributed by atoms with E-state index in [0.717, 1.165) is 11.3 Å². The molecule has 0 aromatic heterocycles. The molecular weight excluding hydrogens is 192 g/mol. The van der Waals surface area contributed by atoms with Gasteiger partial charge in [-0.15, -0.1) is 0 Å². The number of methoxy groups -OCH3 is 1. The minimum atomic E-state index is -0.126. The molecule has 0 saturated carbocycles. The van der Waals surface area contributed by atoms with E-state index in [1.54, 1.807) is 7.11 Å². The van der Waals surface area contributed by atoms with Crippen molar-refractivity contribution in [2.45, 2.75) is 13.0 Å². The molecule has 1 rings (SSSR count). The van der Waals surface area contributed by atoms with Gasteiger partial charge in [-0.05, 0) is 24.6 Å². The molecular formula is C11H18N2O2. The van der Waals surface area contributed by atoms with E-state index in [4.69, 9.17) is 15.6 Å². The van der Waals surface area contributed by atoms with Crippen molar-refractivity contribution in [2.75, 3.05) is 31.4 Å². The van der Waals surface area contributed by atoms with Gasteiger partial charge >= 0.3 is 0 Å². The first-order valence-corrected chi connectivity index (χ1v) is 4.90. The van der Waals surface area contributed by atoms with E-state index in [-0.39, 0.29) is 12.6 Å². The maximum atomic E-state index is 9.10. The van der Waals surface area contributed by atoms with Crippen LogP contribution in [0.5, 0.6) is 0 Å². The molecule has 4 N–H and O–H groups in total. The normalized spacial score (nSPS) is 12.5. The first-order valence-electron chi connectivity index (χ1n) is 4.90. The molecule has 1 aromatic rings. The topological polar surface area (TPSA) is 67.5 Å². The Kier molecular flexibility index (Phi) is 4.39. The van der Waals surface area contributed by atoms with Crippen LogP contribution in [0.25, 0.3) is 0 Å². The second kappa shape index (κ2) is 5.58. The Balaban J connectivity index is 2.73. The van der Waals surface area contributed by atoms with E-state index in [2.05, 4.69) is 5.32 Å². The summed E-state index contributed by atoms with van der Waals surface area (Å²) in [4.78, 5) is 0. The molecule has 0 heterocycles. The van der Waals surface area contributed by atoms with Crippen molar-refractivity contribution in [1.82, 2.24) is 0 Å². The molecule has 4 heteroatoms. The molecule has 0 aliphatic rings. The first kappa shape index (κ1) is 11.8. The molecule has 0 saturated heterocycles. The van der Waals surface area contributed by atoms with E-state index in [0.29, 0.717) is 12.3 Å². The first-order chi connectivity index (χ1) is 7.17. The summed E-state index contributed by atoms with van der Waals surface area (Å²) in [6, 6.07) is 5.62. The molecule has 15 heavy (non-hydrogen) atoms.